The van der Waals surface area contributed by atoms with Gasteiger partial charge in [-0.1, -0.05) is 60.7 Å². The molecule has 3 saturated heterocycles. The van der Waals surface area contributed by atoms with E-state index in [0.717, 1.165) is 34.1 Å². The predicted molar refractivity (Wildman–Crippen MR) is 297 cm³/mol. The van der Waals surface area contributed by atoms with Crippen LogP contribution in [0.5, 0.6) is 23.0 Å². The number of anilines is 3. The van der Waals surface area contributed by atoms with Crippen LogP contribution in [0.4, 0.5) is 32.2 Å². The van der Waals surface area contributed by atoms with Gasteiger partial charge in [0.25, 0.3) is 0 Å². The molecule has 3 aliphatic heterocycles. The molecule has 0 saturated carbocycles. The highest BCUT2D eigenvalue weighted by Gasteiger charge is 2.34. The molecule has 4 N–H and O–H groups in total. The minimum absolute atomic E-state index is 0. The molecule has 3 aromatic heterocycles. The number of rotatable bonds is 10. The van der Waals surface area contributed by atoms with Gasteiger partial charge in [0, 0.05) is 6.04 Å². The molecular formula is C52H58Cl4N14O8. The average molecular weight is 1150 g/mol. The zero-order valence-electron chi connectivity index (χ0n) is 43.7. The van der Waals surface area contributed by atoms with E-state index in [4.69, 9.17) is 59.5 Å². The van der Waals surface area contributed by atoms with Gasteiger partial charge in [-0.05, 0) is 150 Å². The number of hydrogen-bond acceptors (Lipinski definition) is 19. The molecule has 6 heterocycles. The van der Waals surface area contributed by atoms with Gasteiger partial charge in [0.15, 0.2) is 0 Å². The van der Waals surface area contributed by atoms with Crippen molar-refractivity contribution in [1.82, 2.24) is 50.2 Å². The van der Waals surface area contributed by atoms with Crippen molar-refractivity contribution >= 4 is 83.3 Å². The Morgan fingerprint density at radius 1 is 0.551 bits per heavy atom. The average Bonchev–Trinajstić information content (AvgIpc) is 4.06. The van der Waals surface area contributed by atoms with Gasteiger partial charge in [-0.2, -0.15) is 29.9 Å². The number of benzene rings is 4. The number of hydrogen-bond donors (Lipinski definition) is 3. The van der Waals surface area contributed by atoms with Crippen molar-refractivity contribution in [3.8, 4) is 23.0 Å². The number of alkyl carbamates (subject to hydrolysis) is 1. The lowest BCUT2D eigenvalue weighted by atomic mass is 10.1. The third-order valence-electron chi connectivity index (χ3n) is 10.7. The molecule has 7 aromatic rings. The van der Waals surface area contributed by atoms with Gasteiger partial charge in [0.2, 0.25) is 33.7 Å². The Balaban J connectivity index is 0.000000197. The summed E-state index contributed by atoms with van der Waals surface area (Å²) in [5, 5.41) is 6.17. The van der Waals surface area contributed by atoms with E-state index in [-0.39, 0.29) is 70.5 Å². The third kappa shape index (κ3) is 19.1. The van der Waals surface area contributed by atoms with E-state index < -0.39 is 12.2 Å². The number of aryl methyl sites for hydroxylation is 3. The minimum atomic E-state index is -0.454. The van der Waals surface area contributed by atoms with Crippen LogP contribution in [-0.2, 0) is 14.2 Å². The van der Waals surface area contributed by atoms with E-state index in [1.807, 2.05) is 144 Å². The standard InChI is InChI=1S/C22H23N5O3.C14H15NO.C8H9ClN4O2.C4H3Cl2N3.C4H7NO2.ClH/c1-14-13-29-22(28)27(14)21-25-16(3)24-20(26-21)23-15(2)17-9-11-19(12-10-17)30-18-7-5-4-6-8-18;1-11(15)12-7-9-14(10-8-12)16-13-5-3-2-4-6-13;1-4-3-15-8(14)13(4)7-11-5(2)10-6(9)12-7;1-2-7-3(5)9-4(6)8-2;1-3-2-7-4(6)5-3;/h4-12,14-15H,13H2,1-3H3,(H,23,24,25,26);2-11H,15H2,1H3;4H,3H2,1-2H3;1H3;3H,2H2,1H3,(H,5,6);1H/t14-,15-;11-;4-;;3-;/m000.0./s1. The first-order chi connectivity index (χ1) is 36.8. The van der Waals surface area contributed by atoms with Crippen molar-refractivity contribution in [1.29, 1.82) is 0 Å². The van der Waals surface area contributed by atoms with E-state index in [1.54, 1.807) is 20.8 Å². The number of carbonyl (C=O) groups is 3. The Bertz CT molecular complexity index is 2980. The summed E-state index contributed by atoms with van der Waals surface area (Å²) < 4.78 is 26.0. The molecule has 5 atom stereocenters. The first kappa shape index (κ1) is 61.1. The summed E-state index contributed by atoms with van der Waals surface area (Å²) in [6.07, 6.45) is -1.20. The molecule has 0 aliphatic carbocycles. The topological polar surface area (TPSA) is 270 Å². The van der Waals surface area contributed by atoms with Gasteiger partial charge >= 0.3 is 18.3 Å². The lowest BCUT2D eigenvalue weighted by Gasteiger charge is -2.19. The van der Waals surface area contributed by atoms with Crippen LogP contribution in [0.3, 0.4) is 0 Å². The number of aromatic nitrogens is 9. The zero-order valence-corrected chi connectivity index (χ0v) is 46.8. The fraction of sp³-hybridized carbons (Fsp3) is 0.308. The summed E-state index contributed by atoms with van der Waals surface area (Å²) in [5.41, 5.74) is 7.93. The Morgan fingerprint density at radius 3 is 1.33 bits per heavy atom. The molecule has 26 heteroatoms. The second kappa shape index (κ2) is 29.7. The summed E-state index contributed by atoms with van der Waals surface area (Å²) in [6.45, 7) is 15.9. The Hall–Kier alpha value is -7.76. The van der Waals surface area contributed by atoms with Crippen molar-refractivity contribution in [3.63, 3.8) is 0 Å². The third-order valence-corrected chi connectivity index (χ3v) is 11.2. The maximum absolute atomic E-state index is 12.0. The Kier molecular flexibility index (Phi) is 23.2. The summed E-state index contributed by atoms with van der Waals surface area (Å²) in [4.78, 5) is 72.0. The largest absolute Gasteiger partial charge is 0.457 e. The first-order valence-corrected chi connectivity index (χ1v) is 25.1. The highest BCUT2D eigenvalue weighted by atomic mass is 35.5. The van der Waals surface area contributed by atoms with Crippen LogP contribution < -0.4 is 35.6 Å². The van der Waals surface area contributed by atoms with Crippen LogP contribution in [0.25, 0.3) is 0 Å². The van der Waals surface area contributed by atoms with Crippen LogP contribution in [-0.4, -0.2) is 101 Å². The summed E-state index contributed by atoms with van der Waals surface area (Å²) in [6, 6.07) is 35.0. The molecule has 3 amide bonds. The van der Waals surface area contributed by atoms with Crippen molar-refractivity contribution < 1.29 is 38.1 Å². The smallest absolute Gasteiger partial charge is 0.417 e. The predicted octanol–water partition coefficient (Wildman–Crippen LogP) is 11.2. The molecule has 0 bridgehead atoms. The van der Waals surface area contributed by atoms with Gasteiger partial charge in [-0.25, -0.2) is 39.1 Å². The van der Waals surface area contributed by atoms with Gasteiger partial charge in [0.05, 0.1) is 24.2 Å². The number of carbonyl (C=O) groups excluding carboxylic acids is 3. The molecule has 3 aliphatic rings. The number of nitrogens with zero attached hydrogens (tertiary/aromatic N) is 11. The van der Waals surface area contributed by atoms with Crippen molar-refractivity contribution in [2.75, 3.05) is 34.9 Å². The zero-order chi connectivity index (χ0) is 55.6. The van der Waals surface area contributed by atoms with Gasteiger partial charge in [-0.3, -0.25) is 0 Å². The number of ether oxygens (including phenoxy) is 5. The molecule has 78 heavy (non-hydrogen) atoms. The minimum Gasteiger partial charge on any atom is -0.457 e. The number of nitrogens with one attached hydrogen (secondary N) is 2. The SMILES string of the molecule is C[C@H](N)c1ccc(Oc2ccccc2)cc1.C[C@H]1COC(=O)N1.Cc1nc(Cl)nc(Cl)n1.Cc1nc(Cl)nc(N2C(=O)OC[C@@H]2C)n1.Cc1nc(N[C@@H](C)c2ccc(Oc3ccccc3)cc2)nc(N2C(=O)OC[C@@H]2C)n1.Cl. The van der Waals surface area contributed by atoms with E-state index in [9.17, 15) is 14.4 Å². The Labute approximate surface area is 472 Å². The van der Waals surface area contributed by atoms with E-state index in [0.29, 0.717) is 49.2 Å². The summed E-state index contributed by atoms with van der Waals surface area (Å²) >= 11 is 16.5. The van der Waals surface area contributed by atoms with Crippen LogP contribution in [0, 0.1) is 20.8 Å². The van der Waals surface area contributed by atoms with Crippen molar-refractivity contribution in [2.24, 2.45) is 5.73 Å². The molecular weight excluding hydrogens is 1090 g/mol. The second-order valence-electron chi connectivity index (χ2n) is 17.2. The summed E-state index contributed by atoms with van der Waals surface area (Å²) in [7, 11) is 0. The van der Waals surface area contributed by atoms with Gasteiger partial charge in [-0.15, -0.1) is 12.4 Å². The van der Waals surface area contributed by atoms with Crippen LogP contribution in [0.1, 0.15) is 75.3 Å². The van der Waals surface area contributed by atoms with E-state index in [1.165, 1.54) is 9.80 Å². The van der Waals surface area contributed by atoms with Gasteiger partial charge < -0.3 is 40.1 Å². The number of nitrogens with two attached hydrogens (primary N) is 1. The van der Waals surface area contributed by atoms with Gasteiger partial charge in [0.1, 0.15) is 60.3 Å². The molecule has 22 nitrogen and oxygen atoms in total. The van der Waals surface area contributed by atoms with Crippen molar-refractivity contribution in [2.45, 2.75) is 85.6 Å². The fourth-order valence-electron chi connectivity index (χ4n) is 6.87. The molecule has 4 aromatic carbocycles. The second-order valence-corrected chi connectivity index (χ2v) is 18.3. The first-order valence-electron chi connectivity index (χ1n) is 24.0. The van der Waals surface area contributed by atoms with Crippen molar-refractivity contribution in [3.05, 3.63) is 154 Å². The lowest BCUT2D eigenvalue weighted by Crippen LogP contribution is -2.33. The van der Waals surface area contributed by atoms with E-state index in [2.05, 4.69) is 60.2 Å². The van der Waals surface area contributed by atoms with Crippen LogP contribution in [0.2, 0.25) is 15.9 Å². The number of halogens is 4. The lowest BCUT2D eigenvalue weighted by molar-refractivity contribution is 0.176. The highest BCUT2D eigenvalue weighted by molar-refractivity contribution is 6.31. The quantitative estimate of drug-likeness (QED) is 0.107. The highest BCUT2D eigenvalue weighted by Crippen LogP contribution is 2.27. The molecule has 412 valence electrons. The van der Waals surface area contributed by atoms with Crippen LogP contribution >= 0.6 is 47.2 Å². The normalized spacial score (nSPS) is 16.7. The number of para-hydroxylation sites is 2. The molecule has 0 unspecified atom stereocenters. The number of amides is 3. The Morgan fingerprint density at radius 2 is 0.962 bits per heavy atom. The monoisotopic (exact) mass is 1150 g/mol. The fourth-order valence-corrected chi connectivity index (χ4v) is 7.51. The molecule has 10 rings (SSSR count). The summed E-state index contributed by atoms with van der Waals surface area (Å²) in [5.74, 6) is 5.68. The maximum Gasteiger partial charge on any atom is 0.417 e. The molecule has 3 fully saturated rings. The van der Waals surface area contributed by atoms with Crippen LogP contribution in [0.15, 0.2) is 109 Å². The van der Waals surface area contributed by atoms with E-state index >= 15 is 0 Å². The molecule has 0 spiro atoms. The number of cyclic esters (lactones) is 3. The maximum atomic E-state index is 12.0. The molecule has 0 radical (unpaired) electrons.